The summed E-state index contributed by atoms with van der Waals surface area (Å²) in [6.45, 7) is 0.689. The summed E-state index contributed by atoms with van der Waals surface area (Å²) in [5.74, 6) is -0.224. The van der Waals surface area contributed by atoms with Crippen LogP contribution in [0.2, 0.25) is 0 Å². The van der Waals surface area contributed by atoms with E-state index in [9.17, 15) is 8.78 Å². The van der Waals surface area contributed by atoms with Gasteiger partial charge in [-0.25, -0.2) is 18.3 Å². The van der Waals surface area contributed by atoms with Crippen LogP contribution in [0.15, 0.2) is 55.0 Å². The lowest BCUT2D eigenvalue weighted by molar-refractivity contribution is 0.559. The van der Waals surface area contributed by atoms with Gasteiger partial charge in [0.1, 0.15) is 23.5 Å². The van der Waals surface area contributed by atoms with E-state index in [4.69, 9.17) is 10.4 Å². The van der Waals surface area contributed by atoms with Crippen molar-refractivity contribution in [2.45, 2.75) is 18.9 Å². The van der Waals surface area contributed by atoms with E-state index in [1.54, 1.807) is 23.0 Å². The van der Waals surface area contributed by atoms with Crippen molar-refractivity contribution < 1.29 is 8.78 Å². The molecule has 1 aromatic carbocycles. The highest BCUT2D eigenvalue weighted by atomic mass is 19.1. The number of nitriles is 1. The Morgan fingerprint density at radius 3 is 2.83 bits per heavy atom. The summed E-state index contributed by atoms with van der Waals surface area (Å²) in [6.07, 6.45) is 6.39. The van der Waals surface area contributed by atoms with Gasteiger partial charge in [0.2, 0.25) is 0 Å². The van der Waals surface area contributed by atoms with Crippen molar-refractivity contribution in [2.75, 3.05) is 11.4 Å². The molecule has 0 N–H and O–H groups in total. The van der Waals surface area contributed by atoms with Gasteiger partial charge in [-0.1, -0.05) is 0 Å². The van der Waals surface area contributed by atoms with Gasteiger partial charge in [0.25, 0.3) is 0 Å². The molecule has 0 bridgehead atoms. The number of fused-ring (bicyclic) bond motifs is 1. The van der Waals surface area contributed by atoms with Crippen molar-refractivity contribution in [3.05, 3.63) is 77.8 Å². The Labute approximate surface area is 171 Å². The largest absolute Gasteiger partial charge is 0.348 e. The third-order valence-corrected chi connectivity index (χ3v) is 5.38. The van der Waals surface area contributed by atoms with Crippen LogP contribution in [-0.4, -0.2) is 26.1 Å². The molecule has 1 aliphatic rings. The summed E-state index contributed by atoms with van der Waals surface area (Å²) in [5.41, 5.74) is 2.85. The van der Waals surface area contributed by atoms with Gasteiger partial charge in [-0.2, -0.15) is 5.26 Å². The van der Waals surface area contributed by atoms with E-state index in [0.717, 1.165) is 18.1 Å². The fraction of sp³-hybridized carbons (Fsp3) is 0.182. The molecule has 0 radical (unpaired) electrons. The first-order valence-electron chi connectivity index (χ1n) is 9.56. The number of imidazole rings is 1. The van der Waals surface area contributed by atoms with Crippen LogP contribution in [0.1, 0.15) is 30.0 Å². The first-order chi connectivity index (χ1) is 14.6. The first kappa shape index (κ1) is 18.2. The minimum atomic E-state index is -0.455. The lowest BCUT2D eigenvalue weighted by Gasteiger charge is -2.26. The van der Waals surface area contributed by atoms with Crippen LogP contribution in [-0.2, 0) is 0 Å². The molecular weight excluding hydrogens is 386 g/mol. The summed E-state index contributed by atoms with van der Waals surface area (Å²) in [7, 11) is 0. The van der Waals surface area contributed by atoms with Crippen molar-refractivity contribution in [1.29, 1.82) is 5.26 Å². The summed E-state index contributed by atoms with van der Waals surface area (Å²) in [5, 5.41) is 13.9. The maximum Gasteiger partial charge on any atom is 0.154 e. The summed E-state index contributed by atoms with van der Waals surface area (Å²) in [6, 6.07) is 10.8. The van der Waals surface area contributed by atoms with E-state index in [1.165, 1.54) is 18.3 Å². The normalized spacial score (nSPS) is 16.2. The Morgan fingerprint density at radius 1 is 1.07 bits per heavy atom. The van der Waals surface area contributed by atoms with E-state index in [-0.39, 0.29) is 6.04 Å². The van der Waals surface area contributed by atoms with E-state index in [2.05, 4.69) is 16.0 Å². The smallest absolute Gasteiger partial charge is 0.154 e. The van der Waals surface area contributed by atoms with E-state index in [0.29, 0.717) is 41.3 Å². The minimum absolute atomic E-state index is 0.291. The maximum absolute atomic E-state index is 14.4. The van der Waals surface area contributed by atoms with E-state index in [1.807, 2.05) is 17.0 Å². The fourth-order valence-corrected chi connectivity index (χ4v) is 3.99. The molecule has 6 nitrogen and oxygen atoms in total. The standard InChI is InChI=1S/C22H16F2N6/c23-16-3-4-18(24)17(9-16)19-2-1-7-29(19)22-6-5-21-27-13-20(30(21)28-22)15-8-14(10-25)11-26-12-15/h3-6,8-9,11-13,19H,1-2,7H2. The number of pyridine rings is 1. The van der Waals surface area contributed by atoms with Gasteiger partial charge in [0.15, 0.2) is 5.65 Å². The third kappa shape index (κ3) is 3.05. The summed E-state index contributed by atoms with van der Waals surface area (Å²) < 4.78 is 29.9. The number of hydrogen-bond donors (Lipinski definition) is 0. The maximum atomic E-state index is 14.4. The van der Waals surface area contributed by atoms with E-state index < -0.39 is 11.6 Å². The van der Waals surface area contributed by atoms with Gasteiger partial charge >= 0.3 is 0 Å². The molecule has 3 aromatic heterocycles. The number of hydrogen-bond acceptors (Lipinski definition) is 5. The van der Waals surface area contributed by atoms with Gasteiger partial charge in [-0.15, -0.1) is 5.10 Å². The van der Waals surface area contributed by atoms with Crippen LogP contribution in [0, 0.1) is 23.0 Å². The van der Waals surface area contributed by atoms with Gasteiger partial charge < -0.3 is 4.90 Å². The molecule has 1 atom stereocenters. The molecule has 5 rings (SSSR count). The number of anilines is 1. The zero-order valence-electron chi connectivity index (χ0n) is 15.8. The molecule has 1 fully saturated rings. The van der Waals surface area contributed by atoms with Crippen LogP contribution in [0.4, 0.5) is 14.6 Å². The topological polar surface area (TPSA) is 70.1 Å². The van der Waals surface area contributed by atoms with Crippen molar-refractivity contribution >= 4 is 11.5 Å². The number of aromatic nitrogens is 4. The average Bonchev–Trinajstić information content (AvgIpc) is 3.42. The van der Waals surface area contributed by atoms with Crippen LogP contribution in [0.5, 0.6) is 0 Å². The van der Waals surface area contributed by atoms with Crippen LogP contribution >= 0.6 is 0 Å². The molecule has 0 saturated carbocycles. The molecule has 148 valence electrons. The van der Waals surface area contributed by atoms with Crippen molar-refractivity contribution in [1.82, 2.24) is 19.6 Å². The predicted octanol–water partition coefficient (Wildman–Crippen LogP) is 4.28. The number of halogens is 2. The molecule has 4 aromatic rings. The molecule has 0 aliphatic carbocycles. The second kappa shape index (κ2) is 7.19. The molecule has 4 heterocycles. The molecular formula is C22H16F2N6. The van der Waals surface area contributed by atoms with Gasteiger partial charge in [-0.3, -0.25) is 4.98 Å². The number of rotatable bonds is 3. The van der Waals surface area contributed by atoms with Gasteiger partial charge in [0.05, 0.1) is 23.5 Å². The Bertz CT molecular complexity index is 1290. The second-order valence-electron chi connectivity index (χ2n) is 7.20. The van der Waals surface area contributed by atoms with Crippen LogP contribution in [0.25, 0.3) is 16.9 Å². The number of nitrogens with zero attached hydrogens (tertiary/aromatic N) is 6. The van der Waals surface area contributed by atoms with Crippen molar-refractivity contribution in [2.24, 2.45) is 0 Å². The molecule has 1 saturated heterocycles. The molecule has 1 aliphatic heterocycles. The molecule has 1 unspecified atom stereocenters. The highest BCUT2D eigenvalue weighted by Gasteiger charge is 2.30. The van der Waals surface area contributed by atoms with Crippen LogP contribution in [0.3, 0.4) is 0 Å². The fourth-order valence-electron chi connectivity index (χ4n) is 3.99. The zero-order chi connectivity index (χ0) is 20.7. The Kier molecular flexibility index (Phi) is 4.36. The van der Waals surface area contributed by atoms with E-state index >= 15 is 0 Å². The molecule has 0 spiro atoms. The first-order valence-corrected chi connectivity index (χ1v) is 9.56. The average molecular weight is 402 g/mol. The zero-order valence-corrected chi connectivity index (χ0v) is 15.8. The molecule has 0 amide bonds. The SMILES string of the molecule is N#Cc1cncc(-c2cnc3ccc(N4CCCC4c4cc(F)ccc4F)nn23)c1. The Balaban J connectivity index is 1.58. The monoisotopic (exact) mass is 402 g/mol. The predicted molar refractivity (Wildman–Crippen MR) is 107 cm³/mol. The third-order valence-electron chi connectivity index (χ3n) is 5.38. The van der Waals surface area contributed by atoms with Crippen molar-refractivity contribution in [3.63, 3.8) is 0 Å². The lowest BCUT2D eigenvalue weighted by Crippen LogP contribution is -2.25. The minimum Gasteiger partial charge on any atom is -0.348 e. The van der Waals surface area contributed by atoms with Gasteiger partial charge in [0, 0.05) is 30.1 Å². The molecule has 30 heavy (non-hydrogen) atoms. The highest BCUT2D eigenvalue weighted by molar-refractivity contribution is 5.64. The van der Waals surface area contributed by atoms with Gasteiger partial charge in [-0.05, 0) is 49.2 Å². The molecule has 8 heteroatoms. The highest BCUT2D eigenvalue weighted by Crippen LogP contribution is 2.37. The second-order valence-corrected chi connectivity index (χ2v) is 7.20. The summed E-state index contributed by atoms with van der Waals surface area (Å²) >= 11 is 0. The van der Waals surface area contributed by atoms with Crippen molar-refractivity contribution in [3.8, 4) is 17.3 Å². The summed E-state index contributed by atoms with van der Waals surface area (Å²) in [4.78, 5) is 10.5. The Hall–Kier alpha value is -3.86. The van der Waals surface area contributed by atoms with Crippen LogP contribution < -0.4 is 4.90 Å². The lowest BCUT2D eigenvalue weighted by atomic mass is 10.0. The quantitative estimate of drug-likeness (QED) is 0.512. The number of benzene rings is 1. The Morgan fingerprint density at radius 2 is 1.97 bits per heavy atom.